The zero-order valence-electron chi connectivity index (χ0n) is 20.2. The minimum Gasteiger partial charge on any atom is -0.354 e. The normalized spacial score (nSPS) is 12.6. The highest BCUT2D eigenvalue weighted by atomic mass is 35.5. The first-order valence-corrected chi connectivity index (χ1v) is 13.2. The van der Waals surface area contributed by atoms with Crippen LogP contribution in [0.25, 0.3) is 0 Å². The average molecular weight is 508 g/mol. The van der Waals surface area contributed by atoms with E-state index in [-0.39, 0.29) is 42.1 Å². The topological polar surface area (TPSA) is 86.8 Å². The fourth-order valence-corrected chi connectivity index (χ4v) is 4.80. The van der Waals surface area contributed by atoms with E-state index >= 15 is 0 Å². The van der Waals surface area contributed by atoms with Gasteiger partial charge in [0, 0.05) is 38.1 Å². The summed E-state index contributed by atoms with van der Waals surface area (Å²) in [6.45, 7) is 6.63. The van der Waals surface area contributed by atoms with Gasteiger partial charge in [0.05, 0.1) is 4.90 Å². The molecule has 0 aliphatic heterocycles. The van der Waals surface area contributed by atoms with Crippen molar-refractivity contribution in [2.24, 2.45) is 5.92 Å². The maximum Gasteiger partial charge on any atom is 0.242 e. The first kappa shape index (κ1) is 27.8. The molecule has 0 bridgehead atoms. The predicted octanol–water partition coefficient (Wildman–Crippen LogP) is 3.93. The lowest BCUT2D eigenvalue weighted by Gasteiger charge is -2.29. The van der Waals surface area contributed by atoms with Gasteiger partial charge in [0.2, 0.25) is 21.8 Å². The Morgan fingerprint density at radius 3 is 2.32 bits per heavy atom. The second kappa shape index (κ2) is 12.9. The first-order chi connectivity index (χ1) is 16.0. The van der Waals surface area contributed by atoms with Gasteiger partial charge < -0.3 is 10.2 Å². The quantitative estimate of drug-likeness (QED) is 0.471. The maximum atomic E-state index is 13.2. The van der Waals surface area contributed by atoms with Crippen molar-refractivity contribution in [2.45, 2.75) is 51.1 Å². The second-order valence-corrected chi connectivity index (χ2v) is 11.2. The summed E-state index contributed by atoms with van der Waals surface area (Å²) in [5.74, 6) is -0.166. The summed E-state index contributed by atoms with van der Waals surface area (Å²) < 4.78 is 26.7. The van der Waals surface area contributed by atoms with Crippen LogP contribution in [-0.4, -0.2) is 55.6 Å². The molecule has 0 fully saturated rings. The van der Waals surface area contributed by atoms with Gasteiger partial charge in [-0.05, 0) is 49.1 Å². The molecular weight excluding hydrogens is 474 g/mol. The molecule has 7 nitrogen and oxygen atoms in total. The monoisotopic (exact) mass is 507 g/mol. The predicted molar refractivity (Wildman–Crippen MR) is 135 cm³/mol. The molecule has 0 saturated heterocycles. The second-order valence-electron chi connectivity index (χ2n) is 8.71. The molecule has 1 N–H and O–H groups in total. The number of rotatable bonds is 12. The van der Waals surface area contributed by atoms with Crippen LogP contribution in [-0.2, 0) is 26.2 Å². The van der Waals surface area contributed by atoms with Gasteiger partial charge in [-0.15, -0.1) is 0 Å². The van der Waals surface area contributed by atoms with Crippen LogP contribution in [0, 0.1) is 5.92 Å². The number of hydrogen-bond donors (Lipinski definition) is 1. The molecule has 0 aliphatic carbocycles. The Bertz CT molecular complexity index is 1060. The molecule has 0 aromatic heterocycles. The van der Waals surface area contributed by atoms with Crippen molar-refractivity contribution in [3.05, 3.63) is 65.2 Å². The number of carbonyl (C=O) groups is 2. The van der Waals surface area contributed by atoms with E-state index in [1.54, 1.807) is 55.5 Å². The summed E-state index contributed by atoms with van der Waals surface area (Å²) in [7, 11) is -2.13. The fourth-order valence-electron chi connectivity index (χ4n) is 3.36. The molecule has 0 aliphatic rings. The molecule has 2 rings (SSSR count). The number of nitrogens with zero attached hydrogens (tertiary/aromatic N) is 2. The zero-order valence-corrected chi connectivity index (χ0v) is 21.8. The van der Waals surface area contributed by atoms with Gasteiger partial charge in [-0.1, -0.05) is 55.8 Å². The minimum atomic E-state index is -3.63. The molecular formula is C25H34ClN3O4S. The Morgan fingerprint density at radius 2 is 1.71 bits per heavy atom. The van der Waals surface area contributed by atoms with Crippen LogP contribution >= 0.6 is 11.6 Å². The summed E-state index contributed by atoms with van der Waals surface area (Å²) in [4.78, 5) is 27.6. The van der Waals surface area contributed by atoms with Crippen molar-refractivity contribution >= 4 is 33.4 Å². The van der Waals surface area contributed by atoms with E-state index in [4.69, 9.17) is 11.6 Å². The highest BCUT2D eigenvalue weighted by molar-refractivity contribution is 7.89. The van der Waals surface area contributed by atoms with E-state index < -0.39 is 16.1 Å². The first-order valence-electron chi connectivity index (χ1n) is 11.4. The molecule has 0 radical (unpaired) electrons. The van der Waals surface area contributed by atoms with Crippen LogP contribution in [0.15, 0.2) is 59.5 Å². The van der Waals surface area contributed by atoms with Gasteiger partial charge in [0.15, 0.2) is 0 Å². The lowest BCUT2D eigenvalue weighted by atomic mass is 10.1. The summed E-state index contributed by atoms with van der Waals surface area (Å²) in [5, 5.41) is 3.43. The van der Waals surface area contributed by atoms with E-state index in [2.05, 4.69) is 5.32 Å². The molecule has 0 saturated carbocycles. The van der Waals surface area contributed by atoms with Crippen molar-refractivity contribution in [2.75, 3.05) is 20.1 Å². The summed E-state index contributed by atoms with van der Waals surface area (Å²) >= 11 is 6.10. The van der Waals surface area contributed by atoms with Gasteiger partial charge in [-0.25, -0.2) is 12.7 Å². The lowest BCUT2D eigenvalue weighted by molar-refractivity contribution is -0.140. The van der Waals surface area contributed by atoms with Crippen molar-refractivity contribution in [1.29, 1.82) is 0 Å². The summed E-state index contributed by atoms with van der Waals surface area (Å²) in [6, 6.07) is 14.7. The molecule has 0 heterocycles. The molecule has 2 aromatic carbocycles. The zero-order chi connectivity index (χ0) is 25.3. The standard InChI is InChI=1S/C25H34ClN3O4S/c1-19(2)17-27-25(31)20(3)29(18-21-10-8-11-22(26)16-21)24(30)14-9-15-28(4)34(32,33)23-12-6-5-7-13-23/h5-8,10-13,16,19-20H,9,14-15,17-18H2,1-4H3,(H,27,31)/t20-/m0/s1. The van der Waals surface area contributed by atoms with Crippen molar-refractivity contribution in [1.82, 2.24) is 14.5 Å². The fraction of sp³-hybridized carbons (Fsp3) is 0.440. The van der Waals surface area contributed by atoms with Crippen molar-refractivity contribution in [3.63, 3.8) is 0 Å². The molecule has 2 aromatic rings. The van der Waals surface area contributed by atoms with E-state index in [9.17, 15) is 18.0 Å². The largest absolute Gasteiger partial charge is 0.354 e. The van der Waals surface area contributed by atoms with Crippen LogP contribution in [0.1, 0.15) is 39.2 Å². The third-order valence-corrected chi connectivity index (χ3v) is 7.52. The number of sulfonamides is 1. The highest BCUT2D eigenvalue weighted by Crippen LogP contribution is 2.17. The van der Waals surface area contributed by atoms with Crippen LogP contribution in [0.2, 0.25) is 5.02 Å². The molecule has 9 heteroatoms. The highest BCUT2D eigenvalue weighted by Gasteiger charge is 2.27. The van der Waals surface area contributed by atoms with Gasteiger partial charge in [-0.3, -0.25) is 9.59 Å². The number of nitrogens with one attached hydrogen (secondary N) is 1. The van der Waals surface area contributed by atoms with Crippen LogP contribution in [0.3, 0.4) is 0 Å². The van der Waals surface area contributed by atoms with E-state index in [0.29, 0.717) is 18.0 Å². The summed E-state index contributed by atoms with van der Waals surface area (Å²) in [5.41, 5.74) is 0.813. The molecule has 0 unspecified atom stereocenters. The maximum absolute atomic E-state index is 13.2. The van der Waals surface area contributed by atoms with Crippen LogP contribution in [0.5, 0.6) is 0 Å². The van der Waals surface area contributed by atoms with Crippen LogP contribution < -0.4 is 5.32 Å². The SMILES string of the molecule is CC(C)CNC(=O)[C@H](C)N(Cc1cccc(Cl)c1)C(=O)CCCN(C)S(=O)(=O)c1ccccc1. The molecule has 1 atom stereocenters. The van der Waals surface area contributed by atoms with Crippen molar-refractivity contribution in [3.8, 4) is 0 Å². The average Bonchev–Trinajstić information content (AvgIpc) is 2.80. The smallest absolute Gasteiger partial charge is 0.242 e. The number of hydrogen-bond acceptors (Lipinski definition) is 4. The third kappa shape index (κ3) is 8.11. The third-order valence-electron chi connectivity index (χ3n) is 5.41. The molecule has 186 valence electrons. The Morgan fingerprint density at radius 1 is 1.03 bits per heavy atom. The van der Waals surface area contributed by atoms with E-state index in [1.807, 2.05) is 19.9 Å². The van der Waals surface area contributed by atoms with Gasteiger partial charge >= 0.3 is 0 Å². The Hall–Kier alpha value is -2.42. The Balaban J connectivity index is 2.07. The van der Waals surface area contributed by atoms with Gasteiger partial charge in [-0.2, -0.15) is 0 Å². The lowest BCUT2D eigenvalue weighted by Crippen LogP contribution is -2.48. The summed E-state index contributed by atoms with van der Waals surface area (Å²) in [6.07, 6.45) is 0.435. The van der Waals surface area contributed by atoms with Gasteiger partial charge in [0.25, 0.3) is 0 Å². The van der Waals surface area contributed by atoms with E-state index in [0.717, 1.165) is 5.56 Å². The van der Waals surface area contributed by atoms with Gasteiger partial charge in [0.1, 0.15) is 6.04 Å². The Labute approximate surface area is 208 Å². The molecule has 2 amide bonds. The van der Waals surface area contributed by atoms with Crippen molar-refractivity contribution < 1.29 is 18.0 Å². The number of amides is 2. The number of benzene rings is 2. The van der Waals surface area contributed by atoms with Crippen LogP contribution in [0.4, 0.5) is 0 Å². The Kier molecular flexibility index (Phi) is 10.5. The minimum absolute atomic E-state index is 0.108. The number of halogens is 1. The van der Waals surface area contributed by atoms with E-state index in [1.165, 1.54) is 16.3 Å². The molecule has 34 heavy (non-hydrogen) atoms. The molecule has 0 spiro atoms. The number of carbonyl (C=O) groups excluding carboxylic acids is 2.